The molecule has 0 unspecified atom stereocenters. The maximum atomic E-state index is 5.20. The minimum Gasteiger partial charge on any atom is -0.470 e. The minimum absolute atomic E-state index is 0.916. The Kier molecular flexibility index (Phi) is 1.32. The van der Waals surface area contributed by atoms with Gasteiger partial charge in [-0.1, -0.05) is 0 Å². The summed E-state index contributed by atoms with van der Waals surface area (Å²) in [5, 5.41) is 0. The fourth-order valence-electron chi connectivity index (χ4n) is 1.13. The van der Waals surface area contributed by atoms with Gasteiger partial charge in [0.05, 0.1) is 6.26 Å². The van der Waals surface area contributed by atoms with Gasteiger partial charge >= 0.3 is 0 Å². The predicted molar refractivity (Wildman–Crippen MR) is 44.6 cm³/mol. The first-order valence-electron chi connectivity index (χ1n) is 3.55. The highest BCUT2D eigenvalue weighted by Gasteiger charge is 2.01. The Balaban J connectivity index is 2.55. The van der Waals surface area contributed by atoms with Gasteiger partial charge in [-0.25, -0.2) is 0 Å². The van der Waals surface area contributed by atoms with Gasteiger partial charge in [0.15, 0.2) is 0 Å². The molecule has 0 fully saturated rings. The fourth-order valence-corrected chi connectivity index (χ4v) is 1.13. The zero-order valence-electron chi connectivity index (χ0n) is 6.29. The fraction of sp³-hybridized carbons (Fsp3) is 0.111. The molecule has 0 atom stereocenters. The van der Waals surface area contributed by atoms with Crippen LogP contribution in [-0.2, 0) is 4.74 Å². The summed E-state index contributed by atoms with van der Waals surface area (Å²) in [6.07, 6.45) is 7.53. The van der Waals surface area contributed by atoms with E-state index in [0.717, 1.165) is 11.5 Å². The van der Waals surface area contributed by atoms with Crippen LogP contribution in [0.15, 0.2) is 24.3 Å². The number of aromatic amines is 1. The minimum atomic E-state index is 0.916. The Labute approximate surface area is 65.2 Å². The van der Waals surface area contributed by atoms with Gasteiger partial charge in [-0.3, -0.25) is 0 Å². The molecule has 2 heteroatoms. The summed E-state index contributed by atoms with van der Waals surface area (Å²) in [4.78, 5) is 3.11. The summed E-state index contributed by atoms with van der Waals surface area (Å²) in [6, 6.07) is 2.03. The number of hydrogen-bond acceptors (Lipinski definition) is 1. The van der Waals surface area contributed by atoms with Gasteiger partial charge in [0.1, 0.15) is 5.76 Å². The summed E-state index contributed by atoms with van der Waals surface area (Å²) in [6.45, 7) is 1.94. The SMILES string of the molecule is CC1=Cc2cc[nH]c2C=CO1. The summed E-state index contributed by atoms with van der Waals surface area (Å²) >= 11 is 0. The van der Waals surface area contributed by atoms with Crippen molar-refractivity contribution in [1.82, 2.24) is 4.98 Å². The summed E-state index contributed by atoms with van der Waals surface area (Å²) < 4.78 is 5.20. The van der Waals surface area contributed by atoms with Crippen LogP contribution in [0.1, 0.15) is 18.2 Å². The molecule has 0 saturated carbocycles. The Morgan fingerprint density at radius 3 is 3.27 bits per heavy atom. The summed E-state index contributed by atoms with van der Waals surface area (Å²) in [5.41, 5.74) is 2.28. The average Bonchev–Trinajstić information content (AvgIpc) is 2.31. The van der Waals surface area contributed by atoms with Crippen molar-refractivity contribution < 1.29 is 4.74 Å². The van der Waals surface area contributed by atoms with Gasteiger partial charge in [0, 0.05) is 17.5 Å². The molecule has 56 valence electrons. The van der Waals surface area contributed by atoms with E-state index in [0.29, 0.717) is 0 Å². The maximum absolute atomic E-state index is 5.20. The Morgan fingerprint density at radius 2 is 2.36 bits per heavy atom. The van der Waals surface area contributed by atoms with Gasteiger partial charge in [-0.05, 0) is 25.1 Å². The quantitative estimate of drug-likeness (QED) is 0.598. The Hall–Kier alpha value is -1.44. The topological polar surface area (TPSA) is 25.0 Å². The third-order valence-corrected chi connectivity index (χ3v) is 1.66. The van der Waals surface area contributed by atoms with Crippen LogP contribution in [0.25, 0.3) is 12.2 Å². The van der Waals surface area contributed by atoms with Gasteiger partial charge in [-0.2, -0.15) is 0 Å². The molecule has 1 aliphatic heterocycles. The molecule has 0 aliphatic carbocycles. The van der Waals surface area contributed by atoms with Crippen LogP contribution in [0.3, 0.4) is 0 Å². The van der Waals surface area contributed by atoms with Crippen LogP contribution in [0, 0.1) is 0 Å². The molecule has 1 aliphatic rings. The Bertz CT molecular complexity index is 320. The third kappa shape index (κ3) is 1.07. The normalized spacial score (nSPS) is 14.8. The van der Waals surface area contributed by atoms with E-state index < -0.39 is 0 Å². The van der Waals surface area contributed by atoms with Gasteiger partial charge in [-0.15, -0.1) is 0 Å². The van der Waals surface area contributed by atoms with Crippen LogP contribution in [0.4, 0.5) is 0 Å². The lowest BCUT2D eigenvalue weighted by molar-refractivity contribution is 0.362. The van der Waals surface area contributed by atoms with E-state index in [1.165, 1.54) is 5.56 Å². The van der Waals surface area contributed by atoms with E-state index in [2.05, 4.69) is 4.98 Å². The smallest absolute Gasteiger partial charge is 0.101 e. The average molecular weight is 147 g/mol. The number of allylic oxidation sites excluding steroid dienone is 1. The highest BCUT2D eigenvalue weighted by Crippen LogP contribution is 2.17. The standard InChI is InChI=1S/C9H9NO/c1-7-6-8-2-4-10-9(8)3-5-11-7/h2-6,10H,1H3. The lowest BCUT2D eigenvalue weighted by Gasteiger charge is -1.93. The molecule has 0 saturated heterocycles. The van der Waals surface area contributed by atoms with Crippen molar-refractivity contribution in [3.8, 4) is 0 Å². The molecule has 0 radical (unpaired) electrons. The monoisotopic (exact) mass is 147 g/mol. The highest BCUT2D eigenvalue weighted by atomic mass is 16.5. The largest absolute Gasteiger partial charge is 0.470 e. The van der Waals surface area contributed by atoms with E-state index in [1.807, 2.05) is 31.3 Å². The molecule has 1 aromatic rings. The molecule has 0 spiro atoms. The molecule has 0 aromatic carbocycles. The highest BCUT2D eigenvalue weighted by molar-refractivity contribution is 5.64. The van der Waals surface area contributed by atoms with Crippen molar-refractivity contribution in [2.75, 3.05) is 0 Å². The van der Waals surface area contributed by atoms with Crippen LogP contribution in [0.5, 0.6) is 0 Å². The second-order valence-electron chi connectivity index (χ2n) is 2.52. The first kappa shape index (κ1) is 6.28. The lowest BCUT2D eigenvalue weighted by Crippen LogP contribution is -1.74. The number of hydrogen-bond donors (Lipinski definition) is 1. The number of rotatable bonds is 0. The van der Waals surface area contributed by atoms with Crippen molar-refractivity contribution >= 4 is 12.2 Å². The number of ether oxygens (including phenoxy) is 1. The number of fused-ring (bicyclic) bond motifs is 1. The van der Waals surface area contributed by atoms with E-state index in [-0.39, 0.29) is 0 Å². The molecule has 2 nitrogen and oxygen atoms in total. The first-order chi connectivity index (χ1) is 5.36. The van der Waals surface area contributed by atoms with Crippen molar-refractivity contribution in [3.05, 3.63) is 35.5 Å². The first-order valence-corrected chi connectivity index (χ1v) is 3.55. The molecule has 1 N–H and O–H groups in total. The summed E-state index contributed by atoms with van der Waals surface area (Å²) in [7, 11) is 0. The van der Waals surface area contributed by atoms with E-state index in [9.17, 15) is 0 Å². The number of H-pyrrole nitrogens is 1. The molecule has 1 aromatic heterocycles. The van der Waals surface area contributed by atoms with E-state index in [4.69, 9.17) is 4.74 Å². The zero-order valence-corrected chi connectivity index (χ0v) is 6.29. The predicted octanol–water partition coefficient (Wildman–Crippen LogP) is 2.38. The van der Waals surface area contributed by atoms with Crippen molar-refractivity contribution in [3.63, 3.8) is 0 Å². The van der Waals surface area contributed by atoms with Crippen LogP contribution in [-0.4, -0.2) is 4.98 Å². The van der Waals surface area contributed by atoms with Crippen LogP contribution in [0.2, 0.25) is 0 Å². The molecule has 2 heterocycles. The van der Waals surface area contributed by atoms with Gasteiger partial charge in [0.2, 0.25) is 0 Å². The second kappa shape index (κ2) is 2.31. The zero-order chi connectivity index (χ0) is 7.68. The van der Waals surface area contributed by atoms with Gasteiger partial charge in [0.25, 0.3) is 0 Å². The van der Waals surface area contributed by atoms with E-state index >= 15 is 0 Å². The Morgan fingerprint density at radius 1 is 1.45 bits per heavy atom. The molecule has 0 bridgehead atoms. The van der Waals surface area contributed by atoms with Crippen molar-refractivity contribution in [1.29, 1.82) is 0 Å². The van der Waals surface area contributed by atoms with Crippen molar-refractivity contribution in [2.24, 2.45) is 0 Å². The lowest BCUT2D eigenvalue weighted by atomic mass is 10.2. The van der Waals surface area contributed by atoms with Gasteiger partial charge < -0.3 is 9.72 Å². The van der Waals surface area contributed by atoms with Crippen LogP contribution >= 0.6 is 0 Å². The van der Waals surface area contributed by atoms with E-state index in [1.54, 1.807) is 6.26 Å². The number of aromatic nitrogens is 1. The molecular formula is C9H9NO. The second-order valence-corrected chi connectivity index (χ2v) is 2.52. The number of nitrogens with one attached hydrogen (secondary N) is 1. The maximum Gasteiger partial charge on any atom is 0.101 e. The third-order valence-electron chi connectivity index (χ3n) is 1.66. The molecule has 11 heavy (non-hydrogen) atoms. The molecule has 0 amide bonds. The van der Waals surface area contributed by atoms with Crippen LogP contribution < -0.4 is 0 Å². The molecule has 2 rings (SSSR count). The summed E-state index contributed by atoms with van der Waals surface area (Å²) in [5.74, 6) is 0.916. The van der Waals surface area contributed by atoms with Crippen molar-refractivity contribution in [2.45, 2.75) is 6.92 Å². The molecular weight excluding hydrogens is 138 g/mol.